The van der Waals surface area contributed by atoms with Gasteiger partial charge in [0.25, 0.3) is 0 Å². The summed E-state index contributed by atoms with van der Waals surface area (Å²) >= 11 is 0. The number of hydrogen-bond donors (Lipinski definition) is 1. The molecule has 0 aliphatic rings. The zero-order chi connectivity index (χ0) is 25.2. The molecule has 0 aromatic heterocycles. The summed E-state index contributed by atoms with van der Waals surface area (Å²) in [6.07, 6.45) is 0. The second kappa shape index (κ2) is 12.8. The molecule has 0 unspecified atom stereocenters. The molecule has 1 N–H and O–H groups in total. The molecule has 3 aromatic rings. The molecule has 0 fully saturated rings. The normalized spacial score (nSPS) is 11.3. The SMILES string of the molecule is CCN(CC)CC(=O)Nc1cc(C)c(/N=N/c2ccc(N(CC)Cc3ccccc3)cc2)c(C)c1. The molecule has 0 radical (unpaired) electrons. The first-order valence-electron chi connectivity index (χ1n) is 12.4. The van der Waals surface area contributed by atoms with E-state index in [9.17, 15) is 4.79 Å². The Bertz CT molecular complexity index is 1100. The molecule has 6 nitrogen and oxygen atoms in total. The minimum Gasteiger partial charge on any atom is -0.367 e. The maximum atomic E-state index is 12.4. The van der Waals surface area contributed by atoms with Gasteiger partial charge in [0.05, 0.1) is 17.9 Å². The minimum absolute atomic E-state index is 0.00430. The first kappa shape index (κ1) is 26.1. The molecule has 0 heterocycles. The van der Waals surface area contributed by atoms with Crippen LogP contribution < -0.4 is 10.2 Å². The quantitative estimate of drug-likeness (QED) is 0.306. The maximum absolute atomic E-state index is 12.4. The highest BCUT2D eigenvalue weighted by Crippen LogP contribution is 2.30. The molecule has 0 saturated carbocycles. The van der Waals surface area contributed by atoms with E-state index in [0.29, 0.717) is 6.54 Å². The molecule has 184 valence electrons. The average molecular weight is 472 g/mol. The van der Waals surface area contributed by atoms with E-state index in [1.165, 1.54) is 5.56 Å². The van der Waals surface area contributed by atoms with Gasteiger partial charge in [0.2, 0.25) is 5.91 Å². The lowest BCUT2D eigenvalue weighted by molar-refractivity contribution is -0.117. The molecule has 3 rings (SSSR count). The van der Waals surface area contributed by atoms with Gasteiger partial charge in [-0.3, -0.25) is 9.69 Å². The zero-order valence-electron chi connectivity index (χ0n) is 21.6. The van der Waals surface area contributed by atoms with Crippen LogP contribution in [0.3, 0.4) is 0 Å². The number of nitrogens with zero attached hydrogens (tertiary/aromatic N) is 4. The fourth-order valence-corrected chi connectivity index (χ4v) is 4.06. The van der Waals surface area contributed by atoms with E-state index in [2.05, 4.69) is 82.5 Å². The highest BCUT2D eigenvalue weighted by atomic mass is 16.2. The number of azo groups is 1. The number of carbonyl (C=O) groups excluding carboxylic acids is 1. The van der Waals surface area contributed by atoms with Crippen molar-refractivity contribution in [1.29, 1.82) is 0 Å². The predicted molar refractivity (Wildman–Crippen MR) is 146 cm³/mol. The standard InChI is InChI=1S/C29H37N5O/c1-6-33(7-2)21-28(35)30-26-18-22(4)29(23(5)19-26)32-31-25-14-16-27(17-15-25)34(8-3)20-24-12-10-9-11-13-24/h9-19H,6-8,20-21H2,1-5H3,(H,30,35)/b32-31+. The Morgan fingerprint density at radius 2 is 1.46 bits per heavy atom. The monoisotopic (exact) mass is 471 g/mol. The molecule has 0 atom stereocenters. The van der Waals surface area contributed by atoms with E-state index in [1.54, 1.807) is 0 Å². The van der Waals surface area contributed by atoms with Crippen LogP contribution in [0.4, 0.5) is 22.7 Å². The molecule has 0 aliphatic carbocycles. The average Bonchev–Trinajstić information content (AvgIpc) is 2.86. The van der Waals surface area contributed by atoms with Crippen molar-refractivity contribution < 1.29 is 4.79 Å². The van der Waals surface area contributed by atoms with Crippen LogP contribution in [0.5, 0.6) is 0 Å². The fourth-order valence-electron chi connectivity index (χ4n) is 4.06. The number of amides is 1. The lowest BCUT2D eigenvalue weighted by atomic mass is 10.1. The highest BCUT2D eigenvalue weighted by Gasteiger charge is 2.11. The van der Waals surface area contributed by atoms with E-state index in [-0.39, 0.29) is 5.91 Å². The summed E-state index contributed by atoms with van der Waals surface area (Å²) in [5.41, 5.74) is 6.82. The molecular formula is C29H37N5O. The largest absolute Gasteiger partial charge is 0.367 e. The molecular weight excluding hydrogens is 434 g/mol. The lowest BCUT2D eigenvalue weighted by Crippen LogP contribution is -2.32. The third-order valence-electron chi connectivity index (χ3n) is 6.11. The summed E-state index contributed by atoms with van der Waals surface area (Å²) in [6, 6.07) is 22.6. The molecule has 3 aromatic carbocycles. The van der Waals surface area contributed by atoms with Gasteiger partial charge in [0.15, 0.2) is 0 Å². The van der Waals surface area contributed by atoms with Crippen LogP contribution in [0.25, 0.3) is 0 Å². The van der Waals surface area contributed by atoms with Crippen molar-refractivity contribution in [3.63, 3.8) is 0 Å². The number of rotatable bonds is 11. The summed E-state index contributed by atoms with van der Waals surface area (Å²) in [7, 11) is 0. The van der Waals surface area contributed by atoms with Gasteiger partial charge >= 0.3 is 0 Å². The van der Waals surface area contributed by atoms with E-state index in [0.717, 1.165) is 60.1 Å². The number of likely N-dealkylation sites (N-methyl/N-ethyl adjacent to an activating group) is 1. The van der Waals surface area contributed by atoms with Crippen LogP contribution >= 0.6 is 0 Å². The van der Waals surface area contributed by atoms with Gasteiger partial charge in [-0.2, -0.15) is 10.2 Å². The predicted octanol–water partition coefficient (Wildman–Crippen LogP) is 7.03. The molecule has 6 heteroatoms. The van der Waals surface area contributed by atoms with Gasteiger partial charge in [-0.15, -0.1) is 0 Å². The van der Waals surface area contributed by atoms with E-state index >= 15 is 0 Å². The summed E-state index contributed by atoms with van der Waals surface area (Å²) in [5.74, 6) is -0.00430. The second-order valence-corrected chi connectivity index (χ2v) is 8.68. The summed E-state index contributed by atoms with van der Waals surface area (Å²) in [6.45, 7) is 14.2. The van der Waals surface area contributed by atoms with Crippen LogP contribution in [0, 0.1) is 13.8 Å². The Morgan fingerprint density at radius 1 is 0.829 bits per heavy atom. The first-order chi connectivity index (χ1) is 16.9. The Balaban J connectivity index is 1.67. The number of anilines is 2. The summed E-state index contributed by atoms with van der Waals surface area (Å²) < 4.78 is 0. The number of hydrogen-bond acceptors (Lipinski definition) is 5. The van der Waals surface area contributed by atoms with Crippen molar-refractivity contribution in [1.82, 2.24) is 4.90 Å². The van der Waals surface area contributed by atoms with Crippen LogP contribution in [-0.4, -0.2) is 37.0 Å². The van der Waals surface area contributed by atoms with Crippen LogP contribution in [-0.2, 0) is 11.3 Å². The van der Waals surface area contributed by atoms with Crippen molar-refractivity contribution in [3.8, 4) is 0 Å². The van der Waals surface area contributed by atoms with Gasteiger partial charge < -0.3 is 10.2 Å². The van der Waals surface area contributed by atoms with Gasteiger partial charge in [0, 0.05) is 24.5 Å². The third kappa shape index (κ3) is 7.49. The topological polar surface area (TPSA) is 60.3 Å². The van der Waals surface area contributed by atoms with E-state index in [1.807, 2.05) is 44.2 Å². The maximum Gasteiger partial charge on any atom is 0.238 e. The van der Waals surface area contributed by atoms with Crippen molar-refractivity contribution >= 4 is 28.7 Å². The third-order valence-corrected chi connectivity index (χ3v) is 6.11. The molecule has 0 spiro atoms. The lowest BCUT2D eigenvalue weighted by Gasteiger charge is -2.23. The fraction of sp³-hybridized carbons (Fsp3) is 0.345. The van der Waals surface area contributed by atoms with E-state index in [4.69, 9.17) is 0 Å². The summed E-state index contributed by atoms with van der Waals surface area (Å²) in [5, 5.41) is 12.0. The number of aryl methyl sites for hydroxylation is 2. The van der Waals surface area contributed by atoms with Crippen molar-refractivity contribution in [2.24, 2.45) is 10.2 Å². The number of carbonyl (C=O) groups is 1. The Labute approximate surface area is 209 Å². The van der Waals surface area contributed by atoms with Crippen LogP contribution in [0.2, 0.25) is 0 Å². The Morgan fingerprint density at radius 3 is 2.03 bits per heavy atom. The zero-order valence-corrected chi connectivity index (χ0v) is 21.6. The van der Waals surface area contributed by atoms with Crippen LogP contribution in [0.1, 0.15) is 37.5 Å². The van der Waals surface area contributed by atoms with E-state index < -0.39 is 0 Å². The van der Waals surface area contributed by atoms with Crippen molar-refractivity contribution in [3.05, 3.63) is 83.4 Å². The van der Waals surface area contributed by atoms with Gasteiger partial charge in [-0.25, -0.2) is 0 Å². The Hall–Kier alpha value is -3.51. The first-order valence-corrected chi connectivity index (χ1v) is 12.4. The minimum atomic E-state index is -0.00430. The number of nitrogens with one attached hydrogen (secondary N) is 1. The second-order valence-electron chi connectivity index (χ2n) is 8.68. The molecule has 0 bridgehead atoms. The highest BCUT2D eigenvalue weighted by molar-refractivity contribution is 5.92. The Kier molecular flexibility index (Phi) is 9.56. The molecule has 35 heavy (non-hydrogen) atoms. The molecule has 0 saturated heterocycles. The van der Waals surface area contributed by atoms with Crippen molar-refractivity contribution in [2.45, 2.75) is 41.2 Å². The van der Waals surface area contributed by atoms with Crippen molar-refractivity contribution in [2.75, 3.05) is 36.4 Å². The van der Waals surface area contributed by atoms with Crippen LogP contribution in [0.15, 0.2) is 77.0 Å². The molecule has 0 aliphatic heterocycles. The van der Waals surface area contributed by atoms with Gasteiger partial charge in [0.1, 0.15) is 0 Å². The summed E-state index contributed by atoms with van der Waals surface area (Å²) in [4.78, 5) is 16.8. The van der Waals surface area contributed by atoms with Gasteiger partial charge in [-0.1, -0.05) is 44.2 Å². The number of benzene rings is 3. The molecule has 1 amide bonds. The smallest absolute Gasteiger partial charge is 0.238 e. The van der Waals surface area contributed by atoms with Gasteiger partial charge in [-0.05, 0) is 86.9 Å².